The van der Waals surface area contributed by atoms with Gasteiger partial charge in [0, 0.05) is 22.6 Å². The number of rotatable bonds is 5. The highest BCUT2D eigenvalue weighted by Crippen LogP contribution is 2.40. The molecule has 190 valence electrons. The summed E-state index contributed by atoms with van der Waals surface area (Å²) in [6.45, 7) is 7.48. The maximum atomic E-state index is 12.9. The zero-order chi connectivity index (χ0) is 26.9. The lowest BCUT2D eigenvalue weighted by Gasteiger charge is -2.10. The smallest absolute Gasteiger partial charge is 0.344 e. The summed E-state index contributed by atoms with van der Waals surface area (Å²) < 4.78 is 7.16. The number of nitrogens with zero attached hydrogens (tertiary/aromatic N) is 2. The quantitative estimate of drug-likeness (QED) is 0.332. The van der Waals surface area contributed by atoms with Crippen LogP contribution in [0.1, 0.15) is 39.8 Å². The molecule has 0 saturated carbocycles. The van der Waals surface area contributed by atoms with Gasteiger partial charge in [-0.2, -0.15) is 0 Å². The second-order valence-electron chi connectivity index (χ2n) is 8.35. The third kappa shape index (κ3) is 5.39. The molecular formula is C28H24Cl2N2O4S. The van der Waals surface area contributed by atoms with Crippen molar-refractivity contribution in [1.29, 1.82) is 0 Å². The number of benzene rings is 2. The summed E-state index contributed by atoms with van der Waals surface area (Å²) in [6.07, 6.45) is 1.76. The van der Waals surface area contributed by atoms with Crippen molar-refractivity contribution in [2.75, 3.05) is 6.61 Å². The minimum atomic E-state index is -0.742. The molecule has 6 nitrogen and oxygen atoms in total. The molecule has 0 saturated heterocycles. The predicted molar refractivity (Wildman–Crippen MR) is 150 cm³/mol. The predicted octanol–water partition coefficient (Wildman–Crippen LogP) is 7.41. The van der Waals surface area contributed by atoms with E-state index in [0.717, 1.165) is 40.0 Å². The van der Waals surface area contributed by atoms with Gasteiger partial charge in [0.05, 0.1) is 21.6 Å². The molecule has 0 spiro atoms. The number of aliphatic imine (C=N–C) groups is 1. The SMILES string of the molecule is CCOC(=O)C1=C(O)/C(=C/c2cc(C)n(-c3ccc(Cl)c(Cl)c3)c2C)SC1=NC(=O)c1ccccc1C. The lowest BCUT2D eigenvalue weighted by molar-refractivity contribution is -0.138. The fourth-order valence-electron chi connectivity index (χ4n) is 4.05. The maximum Gasteiger partial charge on any atom is 0.344 e. The molecule has 0 bridgehead atoms. The molecule has 37 heavy (non-hydrogen) atoms. The van der Waals surface area contributed by atoms with E-state index in [2.05, 4.69) is 4.99 Å². The van der Waals surface area contributed by atoms with Gasteiger partial charge in [0.15, 0.2) is 0 Å². The van der Waals surface area contributed by atoms with Gasteiger partial charge >= 0.3 is 5.97 Å². The fourth-order valence-corrected chi connectivity index (χ4v) is 5.35. The molecule has 0 radical (unpaired) electrons. The zero-order valence-electron chi connectivity index (χ0n) is 20.6. The van der Waals surface area contributed by atoms with E-state index in [1.54, 1.807) is 37.3 Å². The Hall–Kier alpha value is -3.26. The van der Waals surface area contributed by atoms with Gasteiger partial charge in [-0.15, -0.1) is 0 Å². The van der Waals surface area contributed by atoms with Crippen molar-refractivity contribution < 1.29 is 19.4 Å². The van der Waals surface area contributed by atoms with Gasteiger partial charge in [0.1, 0.15) is 16.4 Å². The first-order chi connectivity index (χ1) is 17.6. The number of ether oxygens (including phenoxy) is 1. The Labute approximate surface area is 229 Å². The van der Waals surface area contributed by atoms with Crippen LogP contribution in [0.25, 0.3) is 11.8 Å². The van der Waals surface area contributed by atoms with Gasteiger partial charge in [-0.3, -0.25) is 4.79 Å². The van der Waals surface area contributed by atoms with Crippen molar-refractivity contribution in [3.8, 4) is 5.69 Å². The molecule has 0 fully saturated rings. The van der Waals surface area contributed by atoms with Crippen molar-refractivity contribution in [2.24, 2.45) is 4.99 Å². The van der Waals surface area contributed by atoms with E-state index in [1.807, 2.05) is 49.6 Å². The minimum Gasteiger partial charge on any atom is -0.506 e. The Balaban J connectivity index is 1.77. The van der Waals surface area contributed by atoms with Crippen LogP contribution in [0, 0.1) is 20.8 Å². The topological polar surface area (TPSA) is 80.9 Å². The number of aliphatic hydroxyl groups excluding tert-OH is 1. The molecule has 1 N–H and O–H groups in total. The molecule has 0 atom stereocenters. The maximum absolute atomic E-state index is 12.9. The second kappa shape index (κ2) is 11.0. The number of carbonyl (C=O) groups is 2. The summed E-state index contributed by atoms with van der Waals surface area (Å²) >= 11 is 13.4. The summed E-state index contributed by atoms with van der Waals surface area (Å²) in [6, 6.07) is 14.4. The molecule has 1 aliphatic heterocycles. The molecule has 3 aromatic rings. The average Bonchev–Trinajstić information content (AvgIpc) is 3.30. The fraction of sp³-hybridized carbons (Fsp3) is 0.179. The van der Waals surface area contributed by atoms with Crippen LogP contribution in [0.15, 0.2) is 69.8 Å². The highest BCUT2D eigenvalue weighted by molar-refractivity contribution is 8.18. The normalized spacial score (nSPS) is 15.6. The van der Waals surface area contributed by atoms with Crippen molar-refractivity contribution >= 4 is 58.0 Å². The van der Waals surface area contributed by atoms with E-state index in [9.17, 15) is 14.7 Å². The number of halogens is 2. The van der Waals surface area contributed by atoms with Crippen molar-refractivity contribution in [3.63, 3.8) is 0 Å². The molecule has 0 aliphatic carbocycles. The molecule has 9 heteroatoms. The highest BCUT2D eigenvalue weighted by Gasteiger charge is 2.34. The monoisotopic (exact) mass is 554 g/mol. The van der Waals surface area contributed by atoms with Gasteiger partial charge in [0.2, 0.25) is 0 Å². The van der Waals surface area contributed by atoms with Crippen LogP contribution in [0.5, 0.6) is 0 Å². The largest absolute Gasteiger partial charge is 0.506 e. The zero-order valence-corrected chi connectivity index (χ0v) is 23.0. The molecular weight excluding hydrogens is 531 g/mol. The summed E-state index contributed by atoms with van der Waals surface area (Å²) in [5, 5.41) is 12.0. The number of esters is 1. The van der Waals surface area contributed by atoms with Gasteiger partial charge in [-0.1, -0.05) is 53.2 Å². The van der Waals surface area contributed by atoms with E-state index < -0.39 is 11.9 Å². The second-order valence-corrected chi connectivity index (χ2v) is 10.2. The first-order valence-electron chi connectivity index (χ1n) is 11.5. The first kappa shape index (κ1) is 26.8. The average molecular weight is 555 g/mol. The Kier molecular flexibility index (Phi) is 7.97. The van der Waals surface area contributed by atoms with E-state index in [0.29, 0.717) is 20.5 Å². The van der Waals surface area contributed by atoms with Crippen molar-refractivity contribution in [2.45, 2.75) is 27.7 Å². The lowest BCUT2D eigenvalue weighted by Crippen LogP contribution is -2.14. The number of carbonyl (C=O) groups excluding carboxylic acids is 2. The van der Waals surface area contributed by atoms with Crippen LogP contribution in [0.3, 0.4) is 0 Å². The van der Waals surface area contributed by atoms with Crippen LogP contribution < -0.4 is 0 Å². The molecule has 4 rings (SSSR count). The Bertz CT molecular complexity index is 1520. The summed E-state index contributed by atoms with van der Waals surface area (Å²) in [7, 11) is 0. The highest BCUT2D eigenvalue weighted by atomic mass is 35.5. The summed E-state index contributed by atoms with van der Waals surface area (Å²) in [4.78, 5) is 30.2. The number of aliphatic hydroxyl groups is 1. The third-order valence-corrected chi connectivity index (χ3v) is 7.63. The van der Waals surface area contributed by atoms with Crippen LogP contribution in [-0.4, -0.2) is 33.2 Å². The molecule has 0 unspecified atom stereocenters. The lowest BCUT2D eigenvalue weighted by atomic mass is 10.1. The van der Waals surface area contributed by atoms with Gasteiger partial charge < -0.3 is 14.4 Å². The Morgan fingerprint density at radius 2 is 1.81 bits per heavy atom. The number of hydrogen-bond acceptors (Lipinski definition) is 5. The first-order valence-corrected chi connectivity index (χ1v) is 13.0. The van der Waals surface area contributed by atoms with E-state index in [-0.39, 0.29) is 23.0 Å². The van der Waals surface area contributed by atoms with Crippen LogP contribution in [0.2, 0.25) is 10.0 Å². The molecule has 1 aromatic heterocycles. The van der Waals surface area contributed by atoms with Gasteiger partial charge in [-0.05, 0) is 75.2 Å². The van der Waals surface area contributed by atoms with Crippen LogP contribution in [0.4, 0.5) is 0 Å². The number of hydrogen-bond donors (Lipinski definition) is 1. The molecule has 2 aromatic carbocycles. The number of aromatic nitrogens is 1. The summed E-state index contributed by atoms with van der Waals surface area (Å²) in [5.74, 6) is -1.53. The molecule has 1 amide bonds. The Morgan fingerprint density at radius 3 is 2.49 bits per heavy atom. The minimum absolute atomic E-state index is 0.0914. The Morgan fingerprint density at radius 1 is 1.08 bits per heavy atom. The molecule has 1 aliphatic rings. The standard InChI is InChI=1S/C28H24Cl2N2O4S/c1-5-36-28(35)24-25(33)23(37-27(24)31-26(34)20-9-7-6-8-15(20)2)13-18-12-16(3)32(17(18)4)19-10-11-21(29)22(30)14-19/h6-14,33H,5H2,1-4H3/b23-13-,31-27?. The van der Waals surface area contributed by atoms with E-state index >= 15 is 0 Å². The van der Waals surface area contributed by atoms with Crippen LogP contribution in [-0.2, 0) is 9.53 Å². The van der Waals surface area contributed by atoms with Crippen molar-refractivity contribution in [1.82, 2.24) is 4.57 Å². The third-order valence-electron chi connectivity index (χ3n) is 5.87. The summed E-state index contributed by atoms with van der Waals surface area (Å²) in [5.41, 5.74) is 4.52. The van der Waals surface area contributed by atoms with Gasteiger partial charge in [-0.25, -0.2) is 9.79 Å². The molecule has 2 heterocycles. The number of aryl methyl sites for hydroxylation is 2. The number of thioether (sulfide) groups is 1. The number of amides is 1. The van der Waals surface area contributed by atoms with Crippen LogP contribution >= 0.6 is 35.0 Å². The van der Waals surface area contributed by atoms with Gasteiger partial charge in [0.25, 0.3) is 5.91 Å². The van der Waals surface area contributed by atoms with E-state index in [1.165, 1.54) is 0 Å². The van der Waals surface area contributed by atoms with E-state index in [4.69, 9.17) is 27.9 Å². The van der Waals surface area contributed by atoms with Crippen molar-refractivity contribution in [3.05, 3.63) is 103 Å².